The van der Waals surface area contributed by atoms with Crippen molar-refractivity contribution < 1.29 is 19.2 Å². The first-order valence-corrected chi connectivity index (χ1v) is 4.84. The van der Waals surface area contributed by atoms with Crippen molar-refractivity contribution in [1.29, 1.82) is 0 Å². The number of aromatic nitrogens is 1. The molecule has 1 rings (SSSR count). The maximum absolute atomic E-state index is 11.3. The van der Waals surface area contributed by atoms with Crippen LogP contribution >= 0.6 is 0 Å². The van der Waals surface area contributed by atoms with Crippen molar-refractivity contribution in [3.63, 3.8) is 0 Å². The van der Waals surface area contributed by atoms with Gasteiger partial charge in [-0.25, -0.2) is 4.79 Å². The van der Waals surface area contributed by atoms with E-state index >= 15 is 0 Å². The number of carbonyl (C=O) groups excluding carboxylic acids is 2. The fraction of sp³-hybridized carbons (Fsp3) is 0.300. The van der Waals surface area contributed by atoms with Gasteiger partial charge < -0.3 is 4.74 Å². The number of pyridine rings is 1. The molecule has 0 N–H and O–H groups in total. The molecule has 0 radical (unpaired) electrons. The third-order valence-electron chi connectivity index (χ3n) is 1.89. The van der Waals surface area contributed by atoms with Gasteiger partial charge >= 0.3 is 5.97 Å². The van der Waals surface area contributed by atoms with Gasteiger partial charge in [0.15, 0.2) is 0 Å². The SMILES string of the molecule is CCOC(=O)C(=O)Cc1ncccc1[N+](=O)[O-]. The summed E-state index contributed by atoms with van der Waals surface area (Å²) in [7, 11) is 0. The Morgan fingerprint density at radius 1 is 1.53 bits per heavy atom. The van der Waals surface area contributed by atoms with Crippen LogP contribution in [0.1, 0.15) is 12.6 Å². The van der Waals surface area contributed by atoms with Crippen LogP contribution in [-0.2, 0) is 20.7 Å². The second-order valence-electron chi connectivity index (χ2n) is 3.05. The predicted octanol–water partition coefficient (Wildman–Crippen LogP) is 0.664. The van der Waals surface area contributed by atoms with Crippen LogP contribution in [0.5, 0.6) is 0 Å². The molecule has 0 saturated carbocycles. The number of carbonyl (C=O) groups is 2. The van der Waals surface area contributed by atoms with Crippen molar-refractivity contribution in [3.05, 3.63) is 34.1 Å². The van der Waals surface area contributed by atoms with Gasteiger partial charge in [-0.1, -0.05) is 0 Å². The first-order valence-electron chi connectivity index (χ1n) is 4.84. The molecule has 7 heteroatoms. The van der Waals surface area contributed by atoms with E-state index in [1.165, 1.54) is 18.3 Å². The van der Waals surface area contributed by atoms with E-state index in [0.717, 1.165) is 0 Å². The van der Waals surface area contributed by atoms with Crippen LogP contribution in [0.3, 0.4) is 0 Å². The minimum atomic E-state index is -1.01. The molecule has 1 aromatic rings. The first-order chi connectivity index (χ1) is 8.06. The maximum Gasteiger partial charge on any atom is 0.375 e. The van der Waals surface area contributed by atoms with Crippen molar-refractivity contribution >= 4 is 17.4 Å². The number of Topliss-reactive ketones (excluding diaryl/α,β-unsaturated/α-hetero) is 1. The molecular formula is C10H10N2O5. The molecule has 0 aliphatic heterocycles. The largest absolute Gasteiger partial charge is 0.460 e. The quantitative estimate of drug-likeness (QED) is 0.323. The lowest BCUT2D eigenvalue weighted by molar-refractivity contribution is -0.385. The lowest BCUT2D eigenvalue weighted by atomic mass is 10.2. The standard InChI is InChI=1S/C10H10N2O5/c1-2-17-10(14)9(13)6-7-8(12(15)16)4-3-5-11-7/h3-5H,2,6H2,1H3. The van der Waals surface area contributed by atoms with Crippen LogP contribution in [-0.4, -0.2) is 28.3 Å². The molecule has 0 fully saturated rings. The molecule has 0 aromatic carbocycles. The van der Waals surface area contributed by atoms with Gasteiger partial charge in [0.05, 0.1) is 18.0 Å². The van der Waals surface area contributed by atoms with Gasteiger partial charge in [-0.15, -0.1) is 0 Å². The van der Waals surface area contributed by atoms with Crippen LogP contribution in [0.25, 0.3) is 0 Å². The van der Waals surface area contributed by atoms with E-state index in [-0.39, 0.29) is 18.0 Å². The molecule has 0 aliphatic rings. The van der Waals surface area contributed by atoms with Crippen molar-refractivity contribution in [2.45, 2.75) is 13.3 Å². The number of hydrogen-bond acceptors (Lipinski definition) is 6. The van der Waals surface area contributed by atoms with Crippen LogP contribution in [0.15, 0.2) is 18.3 Å². The summed E-state index contributed by atoms with van der Waals surface area (Å²) in [4.78, 5) is 36.1. The van der Waals surface area contributed by atoms with Crippen LogP contribution < -0.4 is 0 Å². The average molecular weight is 238 g/mol. The Labute approximate surface area is 96.6 Å². The minimum Gasteiger partial charge on any atom is -0.460 e. The number of esters is 1. The third kappa shape index (κ3) is 3.33. The Balaban J connectivity index is 2.85. The van der Waals surface area contributed by atoms with Crippen molar-refractivity contribution in [2.24, 2.45) is 0 Å². The normalized spacial score (nSPS) is 9.71. The van der Waals surface area contributed by atoms with Crippen molar-refractivity contribution in [3.8, 4) is 0 Å². The van der Waals surface area contributed by atoms with Crippen LogP contribution in [0.4, 0.5) is 5.69 Å². The van der Waals surface area contributed by atoms with Gasteiger partial charge in [0.2, 0.25) is 5.78 Å². The van der Waals surface area contributed by atoms with Crippen LogP contribution in [0, 0.1) is 10.1 Å². The molecule has 0 bridgehead atoms. The monoisotopic (exact) mass is 238 g/mol. The third-order valence-corrected chi connectivity index (χ3v) is 1.89. The molecule has 7 nitrogen and oxygen atoms in total. The summed E-state index contributed by atoms with van der Waals surface area (Å²) < 4.78 is 4.49. The molecular weight excluding hydrogens is 228 g/mol. The second-order valence-corrected chi connectivity index (χ2v) is 3.05. The van der Waals surface area contributed by atoms with Gasteiger partial charge in [-0.2, -0.15) is 0 Å². The van der Waals surface area contributed by atoms with E-state index in [4.69, 9.17) is 0 Å². The molecule has 1 heterocycles. The zero-order chi connectivity index (χ0) is 12.8. The Hall–Kier alpha value is -2.31. The highest BCUT2D eigenvalue weighted by atomic mass is 16.6. The maximum atomic E-state index is 11.3. The van der Waals surface area contributed by atoms with E-state index in [0.29, 0.717) is 0 Å². The topological polar surface area (TPSA) is 99.4 Å². The van der Waals surface area contributed by atoms with Crippen LogP contribution in [0.2, 0.25) is 0 Å². The highest BCUT2D eigenvalue weighted by Gasteiger charge is 2.22. The van der Waals surface area contributed by atoms with E-state index in [9.17, 15) is 19.7 Å². The Kier molecular flexibility index (Phi) is 4.27. The molecule has 0 atom stereocenters. The summed E-state index contributed by atoms with van der Waals surface area (Å²) in [6, 6.07) is 2.61. The van der Waals surface area contributed by atoms with Gasteiger partial charge in [-0.05, 0) is 13.0 Å². The van der Waals surface area contributed by atoms with Crippen molar-refractivity contribution in [1.82, 2.24) is 4.98 Å². The summed E-state index contributed by atoms with van der Waals surface area (Å²) in [6.45, 7) is 1.64. The number of nitro groups is 1. The lowest BCUT2D eigenvalue weighted by Gasteiger charge is -2.01. The smallest absolute Gasteiger partial charge is 0.375 e. The number of ether oxygens (including phenoxy) is 1. The molecule has 1 aromatic heterocycles. The highest BCUT2D eigenvalue weighted by molar-refractivity contribution is 6.34. The number of hydrogen-bond donors (Lipinski definition) is 0. The summed E-state index contributed by atoms with van der Waals surface area (Å²) in [6.07, 6.45) is 0.886. The Morgan fingerprint density at radius 2 is 2.24 bits per heavy atom. The molecule has 0 unspecified atom stereocenters. The van der Waals surface area contributed by atoms with Gasteiger partial charge in [0.25, 0.3) is 5.69 Å². The van der Waals surface area contributed by atoms with Gasteiger partial charge in [-0.3, -0.25) is 19.9 Å². The Bertz CT molecular complexity index is 458. The molecule has 0 aliphatic carbocycles. The predicted molar refractivity (Wildman–Crippen MR) is 56.2 cm³/mol. The summed E-state index contributed by atoms with van der Waals surface area (Å²) in [5.41, 5.74) is -0.333. The van der Waals surface area contributed by atoms with Gasteiger partial charge in [0, 0.05) is 12.3 Å². The summed E-state index contributed by atoms with van der Waals surface area (Å²) in [5, 5.41) is 10.6. The van der Waals surface area contributed by atoms with Gasteiger partial charge in [0.1, 0.15) is 5.69 Å². The fourth-order valence-corrected chi connectivity index (χ4v) is 1.17. The second kappa shape index (κ2) is 5.69. The number of ketones is 1. The average Bonchev–Trinajstić information content (AvgIpc) is 2.29. The minimum absolute atomic E-state index is 0.0458. The van der Waals surface area contributed by atoms with E-state index in [2.05, 4.69) is 9.72 Å². The summed E-state index contributed by atoms with van der Waals surface area (Å²) >= 11 is 0. The zero-order valence-corrected chi connectivity index (χ0v) is 9.08. The molecule has 17 heavy (non-hydrogen) atoms. The number of nitrogens with zero attached hydrogens (tertiary/aromatic N) is 2. The fourth-order valence-electron chi connectivity index (χ4n) is 1.17. The first kappa shape index (κ1) is 12.8. The molecule has 90 valence electrons. The molecule has 0 saturated heterocycles. The van der Waals surface area contributed by atoms with E-state index < -0.39 is 23.1 Å². The summed E-state index contributed by atoms with van der Waals surface area (Å²) in [5.74, 6) is -1.86. The number of rotatable bonds is 5. The van der Waals surface area contributed by atoms with Crippen molar-refractivity contribution in [2.75, 3.05) is 6.61 Å². The van der Waals surface area contributed by atoms with E-state index in [1.54, 1.807) is 6.92 Å². The van der Waals surface area contributed by atoms with E-state index in [1.807, 2.05) is 0 Å². The highest BCUT2D eigenvalue weighted by Crippen LogP contribution is 2.15. The Morgan fingerprint density at radius 3 is 2.82 bits per heavy atom. The molecule has 0 amide bonds. The molecule has 0 spiro atoms. The lowest BCUT2D eigenvalue weighted by Crippen LogP contribution is -2.20. The zero-order valence-electron chi connectivity index (χ0n) is 9.08.